The van der Waals surface area contributed by atoms with Crippen molar-refractivity contribution in [3.63, 3.8) is 0 Å². The van der Waals surface area contributed by atoms with Gasteiger partial charge in [-0.25, -0.2) is 15.8 Å². The number of nitrogens with two attached hydrogens (primary N) is 1. The zero-order chi connectivity index (χ0) is 13.2. The van der Waals surface area contributed by atoms with Crippen molar-refractivity contribution in [2.45, 2.75) is 16.8 Å². The molecule has 6 heteroatoms. The lowest BCUT2D eigenvalue weighted by Crippen LogP contribution is -2.10. The Morgan fingerprint density at radius 1 is 1.21 bits per heavy atom. The highest BCUT2D eigenvalue weighted by Gasteiger charge is 2.10. The first-order chi connectivity index (χ1) is 9.28. The highest BCUT2D eigenvalue weighted by molar-refractivity contribution is 7.99. The maximum Gasteiger partial charge on any atom is 0.239 e. The minimum Gasteiger partial charge on any atom is -0.292 e. The van der Waals surface area contributed by atoms with Gasteiger partial charge in [0.1, 0.15) is 9.86 Å². The molecule has 0 fully saturated rings. The van der Waals surface area contributed by atoms with Crippen LogP contribution in [0.3, 0.4) is 0 Å². The van der Waals surface area contributed by atoms with E-state index in [9.17, 15) is 0 Å². The zero-order valence-electron chi connectivity index (χ0n) is 10.3. The van der Waals surface area contributed by atoms with E-state index in [0.29, 0.717) is 5.95 Å². The van der Waals surface area contributed by atoms with Gasteiger partial charge in [-0.2, -0.15) is 0 Å². The number of fused-ring (bicyclic) bond motifs is 1. The largest absolute Gasteiger partial charge is 0.292 e. The van der Waals surface area contributed by atoms with Crippen molar-refractivity contribution >= 4 is 39.3 Å². The number of rotatable bonds is 3. The van der Waals surface area contributed by atoms with Crippen LogP contribution in [0.2, 0.25) is 0 Å². The van der Waals surface area contributed by atoms with Crippen LogP contribution in [0.4, 0.5) is 5.95 Å². The summed E-state index contributed by atoms with van der Waals surface area (Å²) in [5.74, 6) is 5.87. The van der Waals surface area contributed by atoms with Crippen molar-refractivity contribution in [3.8, 4) is 0 Å². The molecular weight excluding hydrogens is 276 g/mol. The van der Waals surface area contributed by atoms with E-state index in [1.807, 2.05) is 23.6 Å². The molecule has 0 unspecified atom stereocenters. The number of aryl methyl sites for hydroxylation is 1. The van der Waals surface area contributed by atoms with E-state index in [-0.39, 0.29) is 0 Å². The molecule has 0 amide bonds. The lowest BCUT2D eigenvalue weighted by atomic mass is 10.2. The molecule has 0 radical (unpaired) electrons. The van der Waals surface area contributed by atoms with E-state index >= 15 is 0 Å². The van der Waals surface area contributed by atoms with Crippen molar-refractivity contribution in [2.75, 3.05) is 5.43 Å². The van der Waals surface area contributed by atoms with Gasteiger partial charge in [0.05, 0.1) is 0 Å². The van der Waals surface area contributed by atoms with Gasteiger partial charge in [-0.1, -0.05) is 30.0 Å². The maximum atomic E-state index is 5.42. The summed E-state index contributed by atoms with van der Waals surface area (Å²) in [7, 11) is 0. The minimum atomic E-state index is 0.450. The molecule has 0 bridgehead atoms. The molecule has 96 valence electrons. The highest BCUT2D eigenvalue weighted by Crippen LogP contribution is 2.35. The van der Waals surface area contributed by atoms with E-state index in [2.05, 4.69) is 34.5 Å². The van der Waals surface area contributed by atoms with Gasteiger partial charge in [0.15, 0.2) is 0 Å². The number of hydrogen-bond acceptors (Lipinski definition) is 6. The summed E-state index contributed by atoms with van der Waals surface area (Å²) in [6.45, 7) is 2.09. The summed E-state index contributed by atoms with van der Waals surface area (Å²) in [5.41, 5.74) is 3.75. The highest BCUT2D eigenvalue weighted by atomic mass is 32.2. The number of nitrogens with one attached hydrogen (secondary N) is 1. The number of thiophene rings is 1. The smallest absolute Gasteiger partial charge is 0.239 e. The molecule has 0 aliphatic heterocycles. The van der Waals surface area contributed by atoms with E-state index in [0.717, 1.165) is 15.2 Å². The van der Waals surface area contributed by atoms with Gasteiger partial charge in [-0.15, -0.1) is 11.3 Å². The third-order valence-electron chi connectivity index (χ3n) is 2.72. The van der Waals surface area contributed by atoms with Crippen LogP contribution in [-0.2, 0) is 0 Å². The summed E-state index contributed by atoms with van der Waals surface area (Å²) in [6.07, 6.45) is 0. The van der Waals surface area contributed by atoms with Crippen LogP contribution in [0.25, 0.3) is 10.2 Å². The maximum absolute atomic E-state index is 5.42. The van der Waals surface area contributed by atoms with E-state index < -0.39 is 0 Å². The Labute approximate surface area is 119 Å². The molecule has 2 heterocycles. The number of nitrogen functional groups attached to an aromatic ring is 1. The van der Waals surface area contributed by atoms with Crippen molar-refractivity contribution in [1.29, 1.82) is 0 Å². The van der Waals surface area contributed by atoms with Gasteiger partial charge in [-0.3, -0.25) is 5.43 Å². The Morgan fingerprint density at radius 3 is 2.84 bits per heavy atom. The molecule has 0 saturated carbocycles. The molecule has 4 nitrogen and oxygen atoms in total. The predicted octanol–water partition coefficient (Wildman–Crippen LogP) is 3.44. The lowest BCUT2D eigenvalue weighted by molar-refractivity contribution is 1.07. The summed E-state index contributed by atoms with van der Waals surface area (Å²) in [5, 5.41) is 4.01. The average Bonchev–Trinajstić information content (AvgIpc) is 2.89. The van der Waals surface area contributed by atoms with Crippen LogP contribution in [-0.4, -0.2) is 9.97 Å². The molecule has 2 aromatic heterocycles. The van der Waals surface area contributed by atoms with E-state index in [4.69, 9.17) is 5.84 Å². The Morgan fingerprint density at radius 2 is 2.05 bits per heavy atom. The topological polar surface area (TPSA) is 63.8 Å². The summed E-state index contributed by atoms with van der Waals surface area (Å²) < 4.78 is 0. The molecule has 0 saturated heterocycles. The van der Waals surface area contributed by atoms with Crippen molar-refractivity contribution in [3.05, 3.63) is 41.3 Å². The number of nitrogens with zero attached hydrogens (tertiary/aromatic N) is 2. The van der Waals surface area contributed by atoms with Crippen LogP contribution in [0.5, 0.6) is 0 Å². The SMILES string of the molecule is Cc1ccccc1Sc1nc(NN)nc2sccc12. The summed E-state index contributed by atoms with van der Waals surface area (Å²) >= 11 is 3.22. The molecule has 0 atom stereocenters. The Kier molecular flexibility index (Phi) is 3.37. The monoisotopic (exact) mass is 288 g/mol. The third kappa shape index (κ3) is 2.42. The number of hydrogen-bond donors (Lipinski definition) is 2. The van der Waals surface area contributed by atoms with Crippen molar-refractivity contribution < 1.29 is 0 Å². The Bertz CT molecular complexity index is 723. The van der Waals surface area contributed by atoms with Gasteiger partial charge in [0.2, 0.25) is 5.95 Å². The number of anilines is 1. The number of benzene rings is 1. The fourth-order valence-electron chi connectivity index (χ4n) is 1.75. The molecule has 3 aromatic rings. The second-order valence-corrected chi connectivity index (χ2v) is 5.93. The van der Waals surface area contributed by atoms with Gasteiger partial charge in [0.25, 0.3) is 0 Å². The molecule has 1 aromatic carbocycles. The first kappa shape index (κ1) is 12.4. The fourth-order valence-corrected chi connectivity index (χ4v) is 3.56. The second kappa shape index (κ2) is 5.16. The van der Waals surface area contributed by atoms with Crippen LogP contribution < -0.4 is 11.3 Å². The van der Waals surface area contributed by atoms with E-state index in [1.165, 1.54) is 10.5 Å². The molecule has 19 heavy (non-hydrogen) atoms. The predicted molar refractivity (Wildman–Crippen MR) is 80.5 cm³/mol. The van der Waals surface area contributed by atoms with Gasteiger partial charge < -0.3 is 0 Å². The Hall–Kier alpha value is -1.63. The van der Waals surface area contributed by atoms with Crippen LogP contribution >= 0.6 is 23.1 Å². The first-order valence-corrected chi connectivity index (χ1v) is 7.43. The summed E-state index contributed by atoms with van der Waals surface area (Å²) in [6, 6.07) is 10.3. The second-order valence-electron chi connectivity index (χ2n) is 4.00. The molecule has 0 spiro atoms. The quantitative estimate of drug-likeness (QED) is 0.439. The number of aromatic nitrogens is 2. The van der Waals surface area contributed by atoms with Gasteiger partial charge >= 0.3 is 0 Å². The average molecular weight is 288 g/mol. The molecule has 0 aliphatic rings. The van der Waals surface area contributed by atoms with Crippen molar-refractivity contribution in [1.82, 2.24) is 9.97 Å². The third-order valence-corrected chi connectivity index (χ3v) is 4.71. The van der Waals surface area contributed by atoms with Gasteiger partial charge in [0, 0.05) is 10.3 Å². The summed E-state index contributed by atoms with van der Waals surface area (Å²) in [4.78, 5) is 10.9. The zero-order valence-corrected chi connectivity index (χ0v) is 11.9. The van der Waals surface area contributed by atoms with Crippen LogP contribution in [0, 0.1) is 6.92 Å². The first-order valence-electron chi connectivity index (χ1n) is 5.73. The fraction of sp³-hybridized carbons (Fsp3) is 0.0769. The lowest BCUT2D eigenvalue weighted by Gasteiger charge is -2.07. The van der Waals surface area contributed by atoms with Crippen LogP contribution in [0.1, 0.15) is 5.56 Å². The minimum absolute atomic E-state index is 0.450. The normalized spacial score (nSPS) is 10.8. The van der Waals surface area contributed by atoms with Gasteiger partial charge in [-0.05, 0) is 30.0 Å². The van der Waals surface area contributed by atoms with Crippen molar-refractivity contribution in [2.24, 2.45) is 5.84 Å². The molecule has 0 aliphatic carbocycles. The van der Waals surface area contributed by atoms with E-state index in [1.54, 1.807) is 23.1 Å². The van der Waals surface area contributed by atoms with Crippen LogP contribution in [0.15, 0.2) is 45.6 Å². The number of hydrazine groups is 1. The molecular formula is C13H12N4S2. The molecule has 3 rings (SSSR count). The molecule has 3 N–H and O–H groups in total. The Balaban J connectivity index is 2.09. The standard InChI is InChI=1S/C13H12N4S2/c1-8-4-2-3-5-10(8)19-12-9-6-7-18-11(9)15-13(16-12)17-14/h2-7H,14H2,1H3,(H,15,16,17).